The molecule has 0 radical (unpaired) electrons. The summed E-state index contributed by atoms with van der Waals surface area (Å²) in [6.45, 7) is 6.88. The van der Waals surface area contributed by atoms with Gasteiger partial charge in [-0.2, -0.15) is 0 Å². The third-order valence-electron chi connectivity index (χ3n) is 7.68. The van der Waals surface area contributed by atoms with E-state index in [2.05, 4.69) is 10.2 Å². The monoisotopic (exact) mass is 511 g/mol. The second kappa shape index (κ2) is 9.52. The van der Waals surface area contributed by atoms with Crippen LogP contribution in [0, 0.1) is 5.41 Å². The lowest BCUT2D eigenvalue weighted by atomic mass is 9.74. The number of carbonyl (C=O) groups excluding carboxylic acids is 2. The van der Waals surface area contributed by atoms with Crippen LogP contribution in [0.5, 0.6) is 0 Å². The maximum absolute atomic E-state index is 13.5. The molecule has 2 aromatic rings. The predicted molar refractivity (Wildman–Crippen MR) is 138 cm³/mol. The number of benzene rings is 1. The third kappa shape index (κ3) is 4.86. The molecule has 0 bridgehead atoms. The molecule has 9 heteroatoms. The summed E-state index contributed by atoms with van der Waals surface area (Å²) >= 11 is 1.28. The Morgan fingerprint density at radius 2 is 1.86 bits per heavy atom. The number of thiophene rings is 1. The number of ether oxygens (including phenoxy) is 1. The number of rotatable bonds is 4. The van der Waals surface area contributed by atoms with Crippen molar-refractivity contribution in [2.75, 3.05) is 31.5 Å². The Bertz CT molecular complexity index is 1160. The fraction of sp³-hybridized carbons (Fsp3) is 0.519. The van der Waals surface area contributed by atoms with Gasteiger partial charge in [0.2, 0.25) is 0 Å². The SMILES string of the molecule is CC1(C)CC2(CCCN(C3CCN(C(=O)c4cc(-c5ccccc5)sc4NC(=O)O)CC3)C2)C(=O)O1. The second-order valence-corrected chi connectivity index (χ2v) is 11.9. The molecule has 2 amide bonds. The van der Waals surface area contributed by atoms with Crippen molar-refractivity contribution in [1.82, 2.24) is 9.80 Å². The van der Waals surface area contributed by atoms with Crippen LogP contribution in [0.3, 0.4) is 0 Å². The third-order valence-corrected chi connectivity index (χ3v) is 8.78. The number of carbonyl (C=O) groups is 3. The van der Waals surface area contributed by atoms with Gasteiger partial charge in [0.05, 0.1) is 11.0 Å². The Morgan fingerprint density at radius 1 is 1.14 bits per heavy atom. The number of piperidine rings is 2. The van der Waals surface area contributed by atoms with E-state index < -0.39 is 17.1 Å². The van der Waals surface area contributed by atoms with Gasteiger partial charge >= 0.3 is 12.1 Å². The maximum atomic E-state index is 13.5. The Morgan fingerprint density at radius 3 is 2.50 bits per heavy atom. The summed E-state index contributed by atoms with van der Waals surface area (Å²) in [5.41, 5.74) is 0.529. The van der Waals surface area contributed by atoms with E-state index in [4.69, 9.17) is 4.74 Å². The van der Waals surface area contributed by atoms with Crippen LogP contribution in [0.25, 0.3) is 10.4 Å². The fourth-order valence-corrected chi connectivity index (χ4v) is 7.21. The lowest BCUT2D eigenvalue weighted by Gasteiger charge is -2.44. The quantitative estimate of drug-likeness (QED) is 0.566. The van der Waals surface area contributed by atoms with Crippen molar-refractivity contribution in [3.8, 4) is 10.4 Å². The minimum Gasteiger partial charge on any atom is -0.465 e. The first kappa shape index (κ1) is 24.8. The number of hydrogen-bond donors (Lipinski definition) is 2. The lowest BCUT2D eigenvalue weighted by molar-refractivity contribution is -0.154. The molecule has 1 aromatic heterocycles. The Balaban J connectivity index is 1.26. The van der Waals surface area contributed by atoms with Gasteiger partial charge in [0, 0.05) is 37.0 Å². The van der Waals surface area contributed by atoms with Crippen molar-refractivity contribution >= 4 is 34.3 Å². The molecule has 192 valence electrons. The zero-order valence-corrected chi connectivity index (χ0v) is 21.6. The summed E-state index contributed by atoms with van der Waals surface area (Å²) in [6.07, 6.45) is 3.09. The van der Waals surface area contributed by atoms with Crippen molar-refractivity contribution in [2.24, 2.45) is 5.41 Å². The van der Waals surface area contributed by atoms with Gasteiger partial charge in [-0.3, -0.25) is 19.8 Å². The summed E-state index contributed by atoms with van der Waals surface area (Å²) < 4.78 is 5.68. The smallest absolute Gasteiger partial charge is 0.409 e. The average molecular weight is 512 g/mol. The molecule has 0 saturated carbocycles. The van der Waals surface area contributed by atoms with E-state index in [0.29, 0.717) is 29.7 Å². The molecular weight excluding hydrogens is 478 g/mol. The van der Waals surface area contributed by atoms with Gasteiger partial charge in [-0.1, -0.05) is 30.3 Å². The number of esters is 1. The minimum atomic E-state index is -1.18. The second-order valence-electron chi connectivity index (χ2n) is 10.9. The molecule has 36 heavy (non-hydrogen) atoms. The van der Waals surface area contributed by atoms with Crippen molar-refractivity contribution in [3.63, 3.8) is 0 Å². The van der Waals surface area contributed by atoms with Gasteiger partial charge in [0.1, 0.15) is 10.6 Å². The number of cyclic esters (lactones) is 1. The summed E-state index contributed by atoms with van der Waals surface area (Å²) in [6, 6.07) is 11.8. The van der Waals surface area contributed by atoms with Crippen molar-refractivity contribution in [2.45, 2.75) is 57.6 Å². The largest absolute Gasteiger partial charge is 0.465 e. The number of anilines is 1. The van der Waals surface area contributed by atoms with Crippen LogP contribution >= 0.6 is 11.3 Å². The average Bonchev–Trinajstić information content (AvgIpc) is 3.36. The zero-order chi connectivity index (χ0) is 25.5. The molecule has 1 unspecified atom stereocenters. The van der Waals surface area contributed by atoms with Crippen molar-refractivity contribution in [3.05, 3.63) is 42.0 Å². The van der Waals surface area contributed by atoms with E-state index in [1.165, 1.54) is 11.3 Å². The Hall–Kier alpha value is -2.91. The van der Waals surface area contributed by atoms with Gasteiger partial charge in [-0.15, -0.1) is 11.3 Å². The van der Waals surface area contributed by atoms with E-state index >= 15 is 0 Å². The minimum absolute atomic E-state index is 0.0602. The molecular formula is C27H33N3O5S. The summed E-state index contributed by atoms with van der Waals surface area (Å²) in [7, 11) is 0. The van der Waals surface area contributed by atoms with E-state index in [0.717, 1.165) is 55.6 Å². The Labute approximate surface area is 215 Å². The van der Waals surface area contributed by atoms with Crippen LogP contribution in [0.4, 0.5) is 9.80 Å². The number of nitrogens with one attached hydrogen (secondary N) is 1. The first-order chi connectivity index (χ1) is 17.2. The van der Waals surface area contributed by atoms with Crippen molar-refractivity contribution in [1.29, 1.82) is 0 Å². The van der Waals surface area contributed by atoms with Gasteiger partial charge in [0.15, 0.2) is 0 Å². The van der Waals surface area contributed by atoms with Gasteiger partial charge in [0.25, 0.3) is 5.91 Å². The highest BCUT2D eigenvalue weighted by Gasteiger charge is 2.54. The molecule has 1 atom stereocenters. The molecule has 5 rings (SSSR count). The number of carboxylic acid groups (broad SMARTS) is 1. The molecule has 1 spiro atoms. The van der Waals surface area contributed by atoms with Gasteiger partial charge < -0.3 is 14.7 Å². The normalized spacial score (nSPS) is 24.6. The van der Waals surface area contributed by atoms with E-state index in [-0.39, 0.29) is 11.9 Å². The molecule has 2 N–H and O–H groups in total. The molecule has 8 nitrogen and oxygen atoms in total. The van der Waals surface area contributed by atoms with Crippen LogP contribution < -0.4 is 5.32 Å². The highest BCUT2D eigenvalue weighted by Crippen LogP contribution is 2.47. The molecule has 4 heterocycles. The highest BCUT2D eigenvalue weighted by molar-refractivity contribution is 7.20. The summed E-state index contributed by atoms with van der Waals surface area (Å²) in [5.74, 6) is -0.207. The first-order valence-electron chi connectivity index (χ1n) is 12.6. The molecule has 0 aliphatic carbocycles. The van der Waals surface area contributed by atoms with Crippen LogP contribution in [-0.2, 0) is 9.53 Å². The molecule has 3 fully saturated rings. The van der Waals surface area contributed by atoms with Crippen LogP contribution in [-0.4, -0.2) is 70.7 Å². The van der Waals surface area contributed by atoms with Crippen LogP contribution in [0.2, 0.25) is 0 Å². The number of likely N-dealkylation sites (tertiary alicyclic amines) is 2. The molecule has 3 aliphatic rings. The molecule has 1 aromatic carbocycles. The van der Waals surface area contributed by atoms with Crippen LogP contribution in [0.15, 0.2) is 36.4 Å². The van der Waals surface area contributed by atoms with Crippen molar-refractivity contribution < 1.29 is 24.2 Å². The predicted octanol–water partition coefficient (Wildman–Crippen LogP) is 4.92. The van der Waals surface area contributed by atoms with Crippen LogP contribution in [0.1, 0.15) is 56.3 Å². The van der Waals surface area contributed by atoms with Gasteiger partial charge in [-0.05, 0) is 57.7 Å². The lowest BCUT2D eigenvalue weighted by Crippen LogP contribution is -2.53. The number of hydrogen-bond acceptors (Lipinski definition) is 6. The number of nitrogens with zero attached hydrogens (tertiary/aromatic N) is 2. The molecule has 3 aliphatic heterocycles. The maximum Gasteiger partial charge on any atom is 0.409 e. The molecule has 3 saturated heterocycles. The highest BCUT2D eigenvalue weighted by atomic mass is 32.1. The zero-order valence-electron chi connectivity index (χ0n) is 20.8. The Kier molecular flexibility index (Phi) is 6.55. The fourth-order valence-electron chi connectivity index (χ4n) is 6.16. The van der Waals surface area contributed by atoms with E-state index in [1.54, 1.807) is 6.07 Å². The topological polar surface area (TPSA) is 99.2 Å². The van der Waals surface area contributed by atoms with Gasteiger partial charge in [-0.25, -0.2) is 4.79 Å². The standard InChI is InChI=1S/C27H33N3O5S/c1-26(2)16-27(24(32)35-26)11-6-12-30(17-27)19-9-13-29(14-10-19)23(31)20-15-21(18-7-4-3-5-8-18)36-22(20)28-25(33)34/h3-5,7-8,15,19,28H,6,9-14,16-17H2,1-2H3,(H,33,34). The first-order valence-corrected chi connectivity index (χ1v) is 13.4. The summed E-state index contributed by atoms with van der Waals surface area (Å²) in [5, 5.41) is 12.1. The van der Waals surface area contributed by atoms with E-state index in [9.17, 15) is 19.5 Å². The summed E-state index contributed by atoms with van der Waals surface area (Å²) in [4.78, 5) is 42.7. The number of amides is 2. The van der Waals surface area contributed by atoms with E-state index in [1.807, 2.05) is 49.1 Å².